The number of halogens is 2. The minimum absolute atomic E-state index is 0.272. The van der Waals surface area contributed by atoms with Gasteiger partial charge in [0.05, 0.1) is 17.3 Å². The van der Waals surface area contributed by atoms with Crippen LogP contribution >= 0.6 is 23.2 Å². The number of nitrogens with two attached hydrogens (primary N) is 1. The van der Waals surface area contributed by atoms with Crippen LogP contribution in [0.25, 0.3) is 11.0 Å². The third kappa shape index (κ3) is 1.81. The van der Waals surface area contributed by atoms with Crippen molar-refractivity contribution in [3.63, 3.8) is 0 Å². The fraction of sp³-hybridized carbons (Fsp3) is 0.0769. The van der Waals surface area contributed by atoms with Crippen molar-refractivity contribution in [1.82, 2.24) is 0 Å². The maximum atomic E-state index is 6.09. The zero-order valence-corrected chi connectivity index (χ0v) is 10.7. The van der Waals surface area contributed by atoms with E-state index in [4.69, 9.17) is 37.8 Å². The highest BCUT2D eigenvalue weighted by Crippen LogP contribution is 2.33. The van der Waals surface area contributed by atoms with Crippen LogP contribution in [0.2, 0.25) is 10.2 Å². The lowest BCUT2D eigenvalue weighted by atomic mass is 10.1. The standard InChI is InChI=1S/C13H9Cl2NO2/c14-9-3-1-2-7-6-10(18-12(7)9)11(16)8-4-5-17-13(8)15/h1-6,11H,16H2. The Kier molecular flexibility index (Phi) is 2.82. The Morgan fingerprint density at radius 3 is 2.67 bits per heavy atom. The van der Waals surface area contributed by atoms with Crippen LogP contribution in [0.15, 0.2) is 45.4 Å². The van der Waals surface area contributed by atoms with Crippen molar-refractivity contribution in [1.29, 1.82) is 0 Å². The molecule has 1 unspecified atom stereocenters. The molecule has 0 amide bonds. The van der Waals surface area contributed by atoms with E-state index in [1.54, 1.807) is 12.1 Å². The monoisotopic (exact) mass is 281 g/mol. The van der Waals surface area contributed by atoms with E-state index >= 15 is 0 Å². The minimum Gasteiger partial charge on any atom is -0.457 e. The predicted molar refractivity (Wildman–Crippen MR) is 71.0 cm³/mol. The molecule has 92 valence electrons. The first kappa shape index (κ1) is 11.7. The normalized spacial score (nSPS) is 13.1. The molecule has 0 bridgehead atoms. The van der Waals surface area contributed by atoms with Crippen molar-refractivity contribution in [2.75, 3.05) is 0 Å². The van der Waals surface area contributed by atoms with Gasteiger partial charge in [-0.1, -0.05) is 23.7 Å². The van der Waals surface area contributed by atoms with Crippen molar-refractivity contribution in [2.45, 2.75) is 6.04 Å². The number of furan rings is 2. The molecule has 1 atom stereocenters. The van der Waals surface area contributed by atoms with Crippen molar-refractivity contribution in [3.8, 4) is 0 Å². The molecule has 0 aliphatic heterocycles. The minimum atomic E-state index is -0.472. The van der Waals surface area contributed by atoms with Crippen LogP contribution in [0, 0.1) is 0 Å². The summed E-state index contributed by atoms with van der Waals surface area (Å²) < 4.78 is 10.7. The highest BCUT2D eigenvalue weighted by Gasteiger charge is 2.19. The highest BCUT2D eigenvalue weighted by molar-refractivity contribution is 6.34. The number of hydrogen-bond acceptors (Lipinski definition) is 3. The lowest BCUT2D eigenvalue weighted by Gasteiger charge is -2.05. The Morgan fingerprint density at radius 1 is 1.17 bits per heavy atom. The first-order valence-electron chi connectivity index (χ1n) is 5.33. The summed E-state index contributed by atoms with van der Waals surface area (Å²) in [6, 6.07) is 8.66. The van der Waals surface area contributed by atoms with Crippen molar-refractivity contribution in [3.05, 3.63) is 58.2 Å². The highest BCUT2D eigenvalue weighted by atomic mass is 35.5. The second-order valence-electron chi connectivity index (χ2n) is 3.93. The molecule has 0 saturated heterocycles. The van der Waals surface area contributed by atoms with Crippen LogP contribution in [0.5, 0.6) is 0 Å². The Hall–Kier alpha value is -1.42. The molecule has 0 saturated carbocycles. The molecule has 0 spiro atoms. The fourth-order valence-corrected chi connectivity index (χ4v) is 2.33. The summed E-state index contributed by atoms with van der Waals surface area (Å²) in [6.07, 6.45) is 1.49. The second-order valence-corrected chi connectivity index (χ2v) is 4.68. The quantitative estimate of drug-likeness (QED) is 0.758. The van der Waals surface area contributed by atoms with Crippen LogP contribution in [0.4, 0.5) is 0 Å². The van der Waals surface area contributed by atoms with Crippen LogP contribution in [-0.2, 0) is 0 Å². The van der Waals surface area contributed by atoms with E-state index in [1.807, 2.05) is 18.2 Å². The smallest absolute Gasteiger partial charge is 0.198 e. The van der Waals surface area contributed by atoms with Gasteiger partial charge in [0, 0.05) is 10.9 Å². The van der Waals surface area contributed by atoms with Crippen LogP contribution in [0.1, 0.15) is 17.4 Å². The Balaban J connectivity index is 2.10. The summed E-state index contributed by atoms with van der Waals surface area (Å²) in [7, 11) is 0. The van der Waals surface area contributed by atoms with E-state index in [9.17, 15) is 0 Å². The van der Waals surface area contributed by atoms with E-state index in [0.717, 1.165) is 5.39 Å². The number of benzene rings is 1. The summed E-state index contributed by atoms with van der Waals surface area (Å²) in [6.45, 7) is 0. The summed E-state index contributed by atoms with van der Waals surface area (Å²) in [5.41, 5.74) is 7.41. The molecule has 3 nitrogen and oxygen atoms in total. The molecule has 5 heteroatoms. The largest absolute Gasteiger partial charge is 0.457 e. The van der Waals surface area contributed by atoms with Gasteiger partial charge < -0.3 is 14.6 Å². The van der Waals surface area contributed by atoms with Crippen molar-refractivity contribution < 1.29 is 8.83 Å². The van der Waals surface area contributed by atoms with Crippen molar-refractivity contribution in [2.24, 2.45) is 5.73 Å². The van der Waals surface area contributed by atoms with Crippen molar-refractivity contribution >= 4 is 34.2 Å². The summed E-state index contributed by atoms with van der Waals surface area (Å²) in [4.78, 5) is 0. The van der Waals surface area contributed by atoms with Gasteiger partial charge in [0.15, 0.2) is 10.8 Å². The average Bonchev–Trinajstić information content (AvgIpc) is 2.95. The number of hydrogen-bond donors (Lipinski definition) is 1. The van der Waals surface area contributed by atoms with E-state index in [2.05, 4.69) is 0 Å². The van der Waals surface area contributed by atoms with E-state index in [0.29, 0.717) is 21.9 Å². The molecular weight excluding hydrogens is 273 g/mol. The molecule has 0 aliphatic carbocycles. The van der Waals surface area contributed by atoms with Gasteiger partial charge in [0.1, 0.15) is 5.76 Å². The van der Waals surface area contributed by atoms with Gasteiger partial charge in [-0.15, -0.1) is 0 Å². The van der Waals surface area contributed by atoms with Crippen LogP contribution < -0.4 is 5.73 Å². The topological polar surface area (TPSA) is 52.3 Å². The Labute approximate surface area is 113 Å². The van der Waals surface area contributed by atoms with E-state index in [-0.39, 0.29) is 5.22 Å². The number of para-hydroxylation sites is 1. The van der Waals surface area contributed by atoms with Gasteiger partial charge in [0.25, 0.3) is 0 Å². The van der Waals surface area contributed by atoms with Crippen LogP contribution in [-0.4, -0.2) is 0 Å². The lowest BCUT2D eigenvalue weighted by Crippen LogP contribution is -2.10. The molecule has 0 fully saturated rings. The van der Waals surface area contributed by atoms with Gasteiger partial charge in [-0.05, 0) is 29.8 Å². The fourth-order valence-electron chi connectivity index (χ4n) is 1.88. The number of fused-ring (bicyclic) bond motifs is 1. The SMILES string of the molecule is NC(c1cc2cccc(Cl)c2o1)c1ccoc1Cl. The maximum absolute atomic E-state index is 6.09. The molecule has 2 heterocycles. The van der Waals surface area contributed by atoms with E-state index in [1.165, 1.54) is 6.26 Å². The second kappa shape index (κ2) is 4.35. The molecule has 2 aromatic heterocycles. The number of rotatable bonds is 2. The van der Waals surface area contributed by atoms with Gasteiger partial charge in [-0.3, -0.25) is 0 Å². The molecule has 3 aromatic rings. The maximum Gasteiger partial charge on any atom is 0.198 e. The molecule has 0 radical (unpaired) electrons. The zero-order chi connectivity index (χ0) is 12.7. The third-order valence-electron chi connectivity index (χ3n) is 2.80. The van der Waals surface area contributed by atoms with Gasteiger partial charge in [-0.2, -0.15) is 0 Å². The van der Waals surface area contributed by atoms with Gasteiger partial charge in [-0.25, -0.2) is 0 Å². The van der Waals surface area contributed by atoms with Gasteiger partial charge >= 0.3 is 0 Å². The molecule has 1 aromatic carbocycles. The first-order chi connectivity index (χ1) is 8.66. The molecule has 3 rings (SSSR count). The lowest BCUT2D eigenvalue weighted by molar-refractivity contribution is 0.518. The summed E-state index contributed by atoms with van der Waals surface area (Å²) in [5.74, 6) is 0.599. The third-order valence-corrected chi connectivity index (χ3v) is 3.41. The Bertz CT molecular complexity index is 702. The summed E-state index contributed by atoms with van der Waals surface area (Å²) in [5, 5.41) is 1.74. The summed E-state index contributed by atoms with van der Waals surface area (Å²) >= 11 is 12.0. The Morgan fingerprint density at radius 2 is 2.00 bits per heavy atom. The average molecular weight is 282 g/mol. The van der Waals surface area contributed by atoms with Gasteiger partial charge in [0.2, 0.25) is 0 Å². The van der Waals surface area contributed by atoms with Crippen LogP contribution in [0.3, 0.4) is 0 Å². The molecule has 0 aliphatic rings. The van der Waals surface area contributed by atoms with E-state index < -0.39 is 6.04 Å². The first-order valence-corrected chi connectivity index (χ1v) is 6.09. The molecule has 18 heavy (non-hydrogen) atoms. The zero-order valence-electron chi connectivity index (χ0n) is 9.19. The molecular formula is C13H9Cl2NO2. The predicted octanol–water partition coefficient (Wildman–Crippen LogP) is 4.38. The molecule has 2 N–H and O–H groups in total.